The number of benzene rings is 1. The number of halogens is 1. The third kappa shape index (κ3) is 2.57. The second kappa shape index (κ2) is 4.61. The first-order valence-electron chi connectivity index (χ1n) is 4.49. The third-order valence-corrected chi connectivity index (χ3v) is 3.26. The summed E-state index contributed by atoms with van der Waals surface area (Å²) >= 11 is 0. The summed E-state index contributed by atoms with van der Waals surface area (Å²) in [6, 6.07) is 5.98. The van der Waals surface area contributed by atoms with E-state index in [1.807, 2.05) is 0 Å². The van der Waals surface area contributed by atoms with Gasteiger partial charge in [0, 0.05) is 13.3 Å². The predicted molar refractivity (Wildman–Crippen MR) is 58.9 cm³/mol. The largest absolute Gasteiger partial charge is 0.312 e. The number of carbonyl (C=O) groups is 1. The number of hydrogen-bond acceptors (Lipinski definition) is 3. The molecule has 0 aliphatic carbocycles. The Morgan fingerprint density at radius 3 is 2.44 bits per heavy atom. The van der Waals surface area contributed by atoms with Crippen molar-refractivity contribution in [2.45, 2.75) is 4.90 Å². The van der Waals surface area contributed by atoms with Crippen molar-refractivity contribution >= 4 is 21.4 Å². The van der Waals surface area contributed by atoms with Gasteiger partial charge < -0.3 is 4.90 Å². The molecular weight excluding hydrogens is 233 g/mol. The Hall–Kier alpha value is -1.43. The van der Waals surface area contributed by atoms with Gasteiger partial charge in [-0.05, 0) is 12.1 Å². The zero-order valence-electron chi connectivity index (χ0n) is 8.97. The van der Waals surface area contributed by atoms with Gasteiger partial charge in [-0.1, -0.05) is 12.1 Å². The number of para-hydroxylation sites is 1. The molecule has 0 aliphatic rings. The van der Waals surface area contributed by atoms with Gasteiger partial charge in [0.25, 0.3) is 5.91 Å². The molecule has 1 rings (SSSR count). The van der Waals surface area contributed by atoms with Gasteiger partial charge in [-0.25, -0.2) is 12.8 Å². The molecule has 0 fully saturated rings. The molecule has 0 N–H and O–H groups in total. The van der Waals surface area contributed by atoms with Gasteiger partial charge in [0.15, 0.2) is 16.5 Å². The molecule has 0 unspecified atom stereocenters. The van der Waals surface area contributed by atoms with Crippen molar-refractivity contribution in [3.05, 3.63) is 24.3 Å². The van der Waals surface area contributed by atoms with E-state index >= 15 is 0 Å². The number of amides is 1. The van der Waals surface area contributed by atoms with Crippen molar-refractivity contribution in [1.29, 1.82) is 0 Å². The molecule has 0 bridgehead atoms. The number of hydrogen-bond donors (Lipinski definition) is 0. The van der Waals surface area contributed by atoms with Crippen molar-refractivity contribution in [1.82, 2.24) is 0 Å². The second-order valence-electron chi connectivity index (χ2n) is 3.33. The number of rotatable bonds is 3. The highest BCUT2D eigenvalue weighted by Crippen LogP contribution is 2.23. The van der Waals surface area contributed by atoms with Crippen molar-refractivity contribution < 1.29 is 17.6 Å². The predicted octanol–water partition coefficient (Wildman–Crippen LogP) is 1.02. The van der Waals surface area contributed by atoms with Crippen molar-refractivity contribution in [2.75, 3.05) is 24.9 Å². The molecule has 16 heavy (non-hydrogen) atoms. The van der Waals surface area contributed by atoms with E-state index in [4.69, 9.17) is 0 Å². The highest BCUT2D eigenvalue weighted by atomic mass is 32.2. The van der Waals surface area contributed by atoms with E-state index in [0.717, 1.165) is 11.2 Å². The summed E-state index contributed by atoms with van der Waals surface area (Å²) in [6.45, 7) is -1.16. The van der Waals surface area contributed by atoms with Crippen LogP contribution in [0.15, 0.2) is 29.2 Å². The van der Waals surface area contributed by atoms with E-state index in [1.54, 1.807) is 12.1 Å². The summed E-state index contributed by atoms with van der Waals surface area (Å²) in [5, 5.41) is 0. The Balaban J connectivity index is 3.30. The molecule has 0 heterocycles. The van der Waals surface area contributed by atoms with Gasteiger partial charge in [-0.2, -0.15) is 0 Å². The van der Waals surface area contributed by atoms with E-state index in [2.05, 4.69) is 0 Å². The fraction of sp³-hybridized carbons (Fsp3) is 0.300. The zero-order chi connectivity index (χ0) is 12.3. The van der Waals surface area contributed by atoms with Gasteiger partial charge in [0.2, 0.25) is 0 Å². The Morgan fingerprint density at radius 2 is 1.94 bits per heavy atom. The highest BCUT2D eigenvalue weighted by molar-refractivity contribution is 7.90. The molecule has 0 saturated carbocycles. The molecule has 0 spiro atoms. The van der Waals surface area contributed by atoms with Gasteiger partial charge in [-0.15, -0.1) is 0 Å². The molecule has 0 saturated heterocycles. The Kier molecular flexibility index (Phi) is 3.64. The van der Waals surface area contributed by atoms with Crippen LogP contribution in [0.2, 0.25) is 0 Å². The van der Waals surface area contributed by atoms with E-state index in [9.17, 15) is 17.6 Å². The molecule has 1 aromatic rings. The van der Waals surface area contributed by atoms with Crippen molar-refractivity contribution in [3.8, 4) is 0 Å². The van der Waals surface area contributed by atoms with Crippen LogP contribution >= 0.6 is 0 Å². The molecule has 0 atom stereocenters. The fourth-order valence-corrected chi connectivity index (χ4v) is 2.18. The molecular formula is C10H12FNO3S. The van der Waals surface area contributed by atoms with E-state index in [0.29, 0.717) is 0 Å². The lowest BCUT2D eigenvalue weighted by molar-refractivity contribution is -0.119. The van der Waals surface area contributed by atoms with Gasteiger partial charge in [0.05, 0.1) is 10.6 Å². The number of carbonyl (C=O) groups excluding carboxylic acids is 1. The molecule has 4 nitrogen and oxygen atoms in total. The minimum Gasteiger partial charge on any atom is -0.312 e. The molecule has 1 amide bonds. The molecule has 6 heteroatoms. The van der Waals surface area contributed by atoms with E-state index < -0.39 is 22.4 Å². The molecule has 1 aromatic carbocycles. The minimum absolute atomic E-state index is 0.0132. The lowest BCUT2D eigenvalue weighted by atomic mass is 10.3. The lowest BCUT2D eigenvalue weighted by Crippen LogP contribution is -2.28. The zero-order valence-corrected chi connectivity index (χ0v) is 9.79. The van der Waals surface area contributed by atoms with Gasteiger partial charge >= 0.3 is 0 Å². The van der Waals surface area contributed by atoms with Crippen LogP contribution in [-0.2, 0) is 14.6 Å². The van der Waals surface area contributed by atoms with E-state index in [1.165, 1.54) is 19.2 Å². The number of nitrogens with zero attached hydrogens (tertiary/aromatic N) is 1. The maximum atomic E-state index is 12.2. The average molecular weight is 245 g/mol. The number of anilines is 1. The van der Waals surface area contributed by atoms with Crippen LogP contribution in [-0.4, -0.2) is 34.3 Å². The summed E-state index contributed by atoms with van der Waals surface area (Å²) in [5.74, 6) is -0.781. The van der Waals surface area contributed by atoms with Crippen LogP contribution in [0.25, 0.3) is 0 Å². The van der Waals surface area contributed by atoms with Crippen LogP contribution in [0.1, 0.15) is 0 Å². The molecule has 0 aliphatic heterocycles. The Labute approximate surface area is 93.6 Å². The lowest BCUT2D eigenvalue weighted by Gasteiger charge is -2.18. The summed E-state index contributed by atoms with van der Waals surface area (Å²) in [4.78, 5) is 12.2. The maximum Gasteiger partial charge on any atom is 0.258 e. The second-order valence-corrected chi connectivity index (χ2v) is 5.31. The number of alkyl halides is 1. The monoisotopic (exact) mass is 245 g/mol. The van der Waals surface area contributed by atoms with Crippen molar-refractivity contribution in [3.63, 3.8) is 0 Å². The minimum atomic E-state index is -3.44. The van der Waals surface area contributed by atoms with Gasteiger partial charge in [-0.3, -0.25) is 4.79 Å². The first-order chi connectivity index (χ1) is 7.38. The standard InChI is InChI=1S/C10H12FNO3S/c1-12(10(13)7-11)8-5-3-4-6-9(8)16(2,14)15/h3-6H,7H2,1-2H3. The number of sulfone groups is 1. The van der Waals surface area contributed by atoms with Crippen LogP contribution in [0.5, 0.6) is 0 Å². The molecule has 0 radical (unpaired) electrons. The summed E-state index contributed by atoms with van der Waals surface area (Å²) in [6.07, 6.45) is 1.04. The first kappa shape index (κ1) is 12.6. The molecule has 0 aromatic heterocycles. The normalized spacial score (nSPS) is 11.2. The topological polar surface area (TPSA) is 54.5 Å². The third-order valence-electron chi connectivity index (χ3n) is 2.11. The smallest absolute Gasteiger partial charge is 0.258 e. The van der Waals surface area contributed by atoms with Crippen molar-refractivity contribution in [2.24, 2.45) is 0 Å². The summed E-state index contributed by atoms with van der Waals surface area (Å²) in [5.41, 5.74) is 0.188. The quantitative estimate of drug-likeness (QED) is 0.799. The van der Waals surface area contributed by atoms with Crippen LogP contribution in [0.4, 0.5) is 10.1 Å². The molecule has 88 valence electrons. The summed E-state index contributed by atoms with van der Waals surface area (Å²) in [7, 11) is -2.10. The van der Waals surface area contributed by atoms with Gasteiger partial charge in [0.1, 0.15) is 0 Å². The Bertz CT molecular complexity index is 499. The highest BCUT2D eigenvalue weighted by Gasteiger charge is 2.19. The summed E-state index contributed by atoms with van der Waals surface area (Å²) < 4.78 is 35.1. The maximum absolute atomic E-state index is 12.2. The first-order valence-corrected chi connectivity index (χ1v) is 6.38. The van der Waals surface area contributed by atoms with E-state index in [-0.39, 0.29) is 10.6 Å². The van der Waals surface area contributed by atoms with Crippen LogP contribution in [0, 0.1) is 0 Å². The fourth-order valence-electron chi connectivity index (χ4n) is 1.27. The average Bonchev–Trinajstić information content (AvgIpc) is 2.26. The Morgan fingerprint density at radius 1 is 1.38 bits per heavy atom. The van der Waals surface area contributed by atoms with Crippen LogP contribution < -0.4 is 4.90 Å². The SMILES string of the molecule is CN(C(=O)CF)c1ccccc1S(C)(=O)=O. The van der Waals surface area contributed by atoms with Crippen LogP contribution in [0.3, 0.4) is 0 Å².